The Bertz CT molecular complexity index is 1500. The van der Waals surface area contributed by atoms with Crippen LogP contribution in [-0.4, -0.2) is 128 Å². The molecule has 1 saturated carbocycles. The van der Waals surface area contributed by atoms with Crippen molar-refractivity contribution in [2.24, 2.45) is 29.6 Å². The number of amides is 1. The predicted octanol–water partition coefficient (Wildman–Crippen LogP) is 5.29. The Morgan fingerprint density at radius 2 is 1.57 bits per heavy atom. The molecular formula is C45H71NO12. The first kappa shape index (κ1) is 47.9. The van der Waals surface area contributed by atoms with Crippen LogP contribution in [0.2, 0.25) is 0 Å². The van der Waals surface area contributed by atoms with Crippen LogP contribution < -0.4 is 0 Å². The summed E-state index contributed by atoms with van der Waals surface area (Å²) in [6, 6.07) is -1.13. The van der Waals surface area contributed by atoms with Crippen molar-refractivity contribution in [1.29, 1.82) is 0 Å². The summed E-state index contributed by atoms with van der Waals surface area (Å²) in [6.45, 7) is 13.2. The molecule has 0 aromatic rings. The van der Waals surface area contributed by atoms with Gasteiger partial charge in [-0.1, -0.05) is 44.6 Å². The number of allylic oxidation sites excluding steroid dienone is 4. The largest absolute Gasteiger partial charge is 0.456 e. The van der Waals surface area contributed by atoms with Gasteiger partial charge in [0.25, 0.3) is 11.7 Å². The van der Waals surface area contributed by atoms with Crippen molar-refractivity contribution >= 4 is 23.4 Å². The van der Waals surface area contributed by atoms with E-state index in [2.05, 4.69) is 12.7 Å². The molecule has 14 unspecified atom stereocenters. The molecule has 2 N–H and O–H groups in total. The molecule has 0 aromatic carbocycles. The molecule has 3 fully saturated rings. The molecule has 0 aromatic heterocycles. The minimum Gasteiger partial charge on any atom is -0.456 e. The first-order chi connectivity index (χ1) is 27.5. The van der Waals surface area contributed by atoms with Crippen LogP contribution in [0.25, 0.3) is 0 Å². The van der Waals surface area contributed by atoms with Crippen LogP contribution >= 0.6 is 0 Å². The molecule has 4 aliphatic rings. The molecule has 3 aliphatic heterocycles. The number of esters is 1. The van der Waals surface area contributed by atoms with Crippen LogP contribution in [0.1, 0.15) is 105 Å². The lowest BCUT2D eigenvalue weighted by atomic mass is 9.81. The lowest BCUT2D eigenvalue weighted by Crippen LogP contribution is -2.64. The van der Waals surface area contributed by atoms with E-state index in [4.69, 9.17) is 28.4 Å². The monoisotopic (exact) mass is 817 g/mol. The van der Waals surface area contributed by atoms with Gasteiger partial charge in [-0.3, -0.25) is 14.4 Å². The molecule has 1 aliphatic carbocycles. The third-order valence-electron chi connectivity index (χ3n) is 13.2. The zero-order chi connectivity index (χ0) is 42.9. The molecule has 2 bridgehead atoms. The fraction of sp³-hybridized carbons (Fsp3) is 0.778. The van der Waals surface area contributed by atoms with Crippen LogP contribution in [0.15, 0.2) is 36.0 Å². The average molecular weight is 818 g/mol. The van der Waals surface area contributed by atoms with E-state index in [-0.39, 0.29) is 55.6 Å². The smallest absolute Gasteiger partial charge is 0.329 e. The summed E-state index contributed by atoms with van der Waals surface area (Å²) in [5, 5.41) is 23.8. The minimum atomic E-state index is -2.50. The lowest BCUT2D eigenvalue weighted by molar-refractivity contribution is -0.302. The third kappa shape index (κ3) is 11.3. The average Bonchev–Trinajstić information content (AvgIpc) is 3.21. The molecule has 3 heterocycles. The number of Topliss-reactive ketones (excluding diaryl/α,β-unsaturated/α-hetero) is 2. The van der Waals surface area contributed by atoms with Crippen molar-refractivity contribution < 1.29 is 57.8 Å². The van der Waals surface area contributed by atoms with Gasteiger partial charge >= 0.3 is 5.97 Å². The molecule has 4 rings (SSSR count). The Kier molecular flexibility index (Phi) is 17.9. The summed E-state index contributed by atoms with van der Waals surface area (Å²) in [6.07, 6.45) is 6.48. The Labute approximate surface area is 345 Å². The maximum atomic E-state index is 14.4. The first-order valence-electron chi connectivity index (χ1n) is 21.3. The molecule has 13 heteroatoms. The van der Waals surface area contributed by atoms with Crippen LogP contribution in [-0.2, 0) is 47.6 Å². The van der Waals surface area contributed by atoms with Crippen molar-refractivity contribution in [3.05, 3.63) is 36.0 Å². The lowest BCUT2D eigenvalue weighted by Gasteiger charge is -2.47. The SMILES string of the molecule is C=CCC1C=C(C)CC(C)CC(OC)C2OC(O)(C(=O)C(=O)N3CCCCC3C(=O)OC(C(C)=CC3CCC(OC)C(OC)C3)C(C)C(O)CC1=O)C(C)CC2OC. The van der Waals surface area contributed by atoms with Gasteiger partial charge in [0.1, 0.15) is 24.0 Å². The van der Waals surface area contributed by atoms with E-state index in [1.807, 2.05) is 26.8 Å². The van der Waals surface area contributed by atoms with Gasteiger partial charge in [0, 0.05) is 59.2 Å². The molecule has 2 saturated heterocycles. The van der Waals surface area contributed by atoms with Crippen LogP contribution in [0.4, 0.5) is 0 Å². The van der Waals surface area contributed by atoms with E-state index in [1.165, 1.54) is 19.1 Å². The molecule has 13 nitrogen and oxygen atoms in total. The number of methoxy groups -OCH3 is 4. The van der Waals surface area contributed by atoms with Gasteiger partial charge in [0.15, 0.2) is 0 Å². The highest BCUT2D eigenvalue weighted by molar-refractivity contribution is 6.39. The summed E-state index contributed by atoms with van der Waals surface area (Å²) in [5.74, 6) is -7.56. The number of aliphatic hydroxyl groups is 2. The number of rotatable bonds is 8. The normalized spacial score (nSPS) is 39.6. The topological polar surface area (TPSA) is 167 Å². The number of piperidine rings is 1. The molecule has 328 valence electrons. The van der Waals surface area contributed by atoms with Gasteiger partial charge in [0.2, 0.25) is 5.79 Å². The van der Waals surface area contributed by atoms with Crippen LogP contribution in [0.5, 0.6) is 0 Å². The van der Waals surface area contributed by atoms with Gasteiger partial charge < -0.3 is 43.5 Å². The van der Waals surface area contributed by atoms with Crippen molar-refractivity contribution in [2.75, 3.05) is 35.0 Å². The molecule has 58 heavy (non-hydrogen) atoms. The summed E-state index contributed by atoms with van der Waals surface area (Å²) in [7, 11) is 6.40. The molecule has 0 spiro atoms. The van der Waals surface area contributed by atoms with Gasteiger partial charge in [-0.15, -0.1) is 6.58 Å². The van der Waals surface area contributed by atoms with E-state index in [9.17, 15) is 29.4 Å². The number of ether oxygens (including phenoxy) is 6. The van der Waals surface area contributed by atoms with E-state index in [0.717, 1.165) is 18.4 Å². The van der Waals surface area contributed by atoms with Crippen molar-refractivity contribution in [2.45, 2.75) is 160 Å². The Morgan fingerprint density at radius 3 is 2.21 bits per heavy atom. The first-order valence-corrected chi connectivity index (χ1v) is 21.3. The zero-order valence-corrected chi connectivity index (χ0v) is 36.4. The van der Waals surface area contributed by atoms with E-state index in [1.54, 1.807) is 34.1 Å². The molecule has 14 atom stereocenters. The number of nitrogens with zero attached hydrogens (tertiary/aromatic N) is 1. The van der Waals surface area contributed by atoms with Crippen molar-refractivity contribution in [3.63, 3.8) is 0 Å². The highest BCUT2D eigenvalue weighted by Gasteiger charge is 2.56. The van der Waals surface area contributed by atoms with Crippen LogP contribution in [0.3, 0.4) is 0 Å². The molecule has 1 amide bonds. The Morgan fingerprint density at radius 1 is 0.914 bits per heavy atom. The number of fused-ring (bicyclic) bond motifs is 3. The summed E-state index contributed by atoms with van der Waals surface area (Å²) in [5.41, 5.74) is 1.67. The third-order valence-corrected chi connectivity index (χ3v) is 13.2. The Balaban J connectivity index is 1.78. The molecular weight excluding hydrogens is 746 g/mol. The van der Waals surface area contributed by atoms with Crippen LogP contribution in [0, 0.1) is 29.6 Å². The van der Waals surface area contributed by atoms with Gasteiger partial charge in [-0.2, -0.15) is 0 Å². The van der Waals surface area contributed by atoms with Gasteiger partial charge in [-0.05, 0) is 95.5 Å². The number of carbonyl (C=O) groups excluding carboxylic acids is 4. The van der Waals surface area contributed by atoms with E-state index < -0.39 is 77.8 Å². The van der Waals surface area contributed by atoms with Gasteiger partial charge in [-0.25, -0.2) is 4.79 Å². The maximum absolute atomic E-state index is 14.4. The number of ketones is 2. The van der Waals surface area contributed by atoms with E-state index >= 15 is 0 Å². The second-order valence-corrected chi connectivity index (χ2v) is 17.5. The fourth-order valence-corrected chi connectivity index (χ4v) is 9.68. The second kappa shape index (κ2) is 21.7. The van der Waals surface area contributed by atoms with Crippen molar-refractivity contribution in [1.82, 2.24) is 4.90 Å². The highest BCUT2D eigenvalue weighted by Crippen LogP contribution is 2.39. The summed E-state index contributed by atoms with van der Waals surface area (Å²) < 4.78 is 35.7. The summed E-state index contributed by atoms with van der Waals surface area (Å²) in [4.78, 5) is 58.0. The number of hydrogen-bond donors (Lipinski definition) is 2. The Hall–Kier alpha value is -2.78. The molecule has 0 radical (unpaired) electrons. The van der Waals surface area contributed by atoms with Crippen molar-refractivity contribution in [3.8, 4) is 0 Å². The fourth-order valence-electron chi connectivity index (χ4n) is 9.68. The maximum Gasteiger partial charge on any atom is 0.329 e. The van der Waals surface area contributed by atoms with E-state index in [0.29, 0.717) is 44.1 Å². The number of cyclic esters (lactones) is 1. The number of hydrogen-bond acceptors (Lipinski definition) is 12. The quantitative estimate of drug-likeness (QED) is 0.185. The standard InChI is InChI=1S/C45H71NO12/c1-11-14-32-20-26(2)19-27(3)21-38(55-9)41-39(56-10)23-29(5)45(52,58-41)42(49)43(50)46-18-13-12-15-33(46)44(51)57-40(30(6)34(47)25-35(32)48)28(4)22-31-16-17-36(53-7)37(24-31)54-8/h11,20,22,27,29-34,36-41,47,52H,1,12-19,21,23-25H2,2-10H3. The zero-order valence-electron chi connectivity index (χ0n) is 36.4. The predicted molar refractivity (Wildman–Crippen MR) is 217 cm³/mol. The summed E-state index contributed by atoms with van der Waals surface area (Å²) >= 11 is 0. The number of carbonyl (C=O) groups is 4. The minimum absolute atomic E-state index is 0.0165. The second-order valence-electron chi connectivity index (χ2n) is 17.5. The van der Waals surface area contributed by atoms with Gasteiger partial charge in [0.05, 0.1) is 30.5 Å². The highest BCUT2D eigenvalue weighted by atomic mass is 16.7. The number of aliphatic hydroxyl groups excluding tert-OH is 1.